The van der Waals surface area contributed by atoms with Gasteiger partial charge in [0.1, 0.15) is 5.82 Å². The molecule has 0 spiro atoms. The average Bonchev–Trinajstić information content (AvgIpc) is 4.05. The van der Waals surface area contributed by atoms with Crippen LogP contribution >= 0.6 is 0 Å². The van der Waals surface area contributed by atoms with Crippen LogP contribution in [0.4, 0.5) is 0 Å². The van der Waals surface area contributed by atoms with E-state index in [4.69, 9.17) is 4.98 Å². The molecule has 0 N–H and O–H groups in total. The van der Waals surface area contributed by atoms with Crippen molar-refractivity contribution in [2.24, 2.45) is 0 Å². The molecule has 4 heterocycles. The molecule has 0 radical (unpaired) electrons. The summed E-state index contributed by atoms with van der Waals surface area (Å²) in [6, 6.07) is 82.1. The van der Waals surface area contributed by atoms with Gasteiger partial charge in [-0.2, -0.15) is 0 Å². The predicted molar refractivity (Wildman–Crippen MR) is 279 cm³/mol. The summed E-state index contributed by atoms with van der Waals surface area (Å²) >= 11 is 0. The van der Waals surface area contributed by atoms with Crippen molar-refractivity contribution in [1.29, 1.82) is 0 Å². The number of rotatable bonds is 5. The van der Waals surface area contributed by atoms with E-state index in [-0.39, 0.29) is 5.41 Å². The van der Waals surface area contributed by atoms with Gasteiger partial charge < -0.3 is 4.57 Å². The van der Waals surface area contributed by atoms with E-state index >= 15 is 0 Å². The van der Waals surface area contributed by atoms with E-state index in [1.54, 1.807) is 0 Å². The summed E-state index contributed by atoms with van der Waals surface area (Å²) in [5, 5.41) is 10.7. The summed E-state index contributed by atoms with van der Waals surface area (Å²) in [5.74, 6) is 0.920. The van der Waals surface area contributed by atoms with Crippen LogP contribution < -0.4 is 20.7 Å². The fourth-order valence-corrected chi connectivity index (χ4v) is 17.3. The lowest BCUT2D eigenvalue weighted by Crippen LogP contribution is -2.72. The van der Waals surface area contributed by atoms with Gasteiger partial charge in [0, 0.05) is 38.8 Å². The average molecular weight is 858 g/mol. The van der Waals surface area contributed by atoms with E-state index in [1.165, 1.54) is 109 Å². The number of para-hydroxylation sites is 2. The highest BCUT2D eigenvalue weighted by atomic mass is 28.3. The highest BCUT2D eigenvalue weighted by molar-refractivity contribution is 7.22. The first-order valence-corrected chi connectivity index (χ1v) is 25.0. The van der Waals surface area contributed by atoms with Crippen molar-refractivity contribution in [2.75, 3.05) is 0 Å². The Labute approximate surface area is 384 Å². The third-order valence-corrected chi connectivity index (χ3v) is 19.9. The molecule has 0 amide bonds. The fraction of sp³-hybridized carbons (Fsp3) is 0.0484. The van der Waals surface area contributed by atoms with Crippen molar-refractivity contribution in [2.45, 2.75) is 19.3 Å². The van der Waals surface area contributed by atoms with Crippen LogP contribution in [0.25, 0.3) is 88.5 Å². The largest absolute Gasteiger partial charge is 0.309 e. The van der Waals surface area contributed by atoms with E-state index < -0.39 is 8.07 Å². The van der Waals surface area contributed by atoms with Crippen LogP contribution in [0.15, 0.2) is 225 Å². The second-order valence-electron chi connectivity index (χ2n) is 18.7. The van der Waals surface area contributed by atoms with Gasteiger partial charge in [0.25, 0.3) is 0 Å². The molecule has 0 fully saturated rings. The molecular formula is C62H43N3Si. The second-order valence-corrected chi connectivity index (χ2v) is 22.4. The molecule has 3 nitrogen and oxygen atoms in total. The zero-order chi connectivity index (χ0) is 43.7. The van der Waals surface area contributed by atoms with Crippen molar-refractivity contribution in [3.8, 4) is 44.9 Å². The fourth-order valence-electron chi connectivity index (χ4n) is 12.1. The lowest BCUT2D eigenvalue weighted by molar-refractivity contribution is 0.661. The highest BCUT2D eigenvalue weighted by Crippen LogP contribution is 2.51. The molecule has 9 aromatic carbocycles. The number of fused-ring (bicyclic) bond motifs is 12. The summed E-state index contributed by atoms with van der Waals surface area (Å²) in [6.45, 7) is 4.73. The van der Waals surface area contributed by atoms with Crippen molar-refractivity contribution >= 4 is 72.4 Å². The number of aromatic nitrogens is 3. The number of hydrogen-bond acceptors (Lipinski definition) is 1. The van der Waals surface area contributed by atoms with Crippen molar-refractivity contribution in [1.82, 2.24) is 14.1 Å². The SMILES string of the molecule is CC1(C)c2ccccc2-c2cc3c(cc21)c1ccc(-c2cccc([Si]4(c5ccccc5)c5ccccc5-c5cc6c(cc54)c4ccccc4n6-c4ccccc4)c2)cc1n3-c1ccccn1. The molecule has 2 aliphatic rings. The third kappa shape index (κ3) is 4.99. The zero-order valence-electron chi connectivity index (χ0n) is 36.7. The lowest BCUT2D eigenvalue weighted by Gasteiger charge is -2.31. The molecule has 310 valence electrons. The van der Waals surface area contributed by atoms with Crippen molar-refractivity contribution in [3.63, 3.8) is 0 Å². The molecule has 1 unspecified atom stereocenters. The van der Waals surface area contributed by atoms with Gasteiger partial charge in [0.2, 0.25) is 0 Å². The van der Waals surface area contributed by atoms with E-state index in [1.807, 2.05) is 12.3 Å². The molecule has 1 aliphatic carbocycles. The second kappa shape index (κ2) is 13.7. The predicted octanol–water partition coefficient (Wildman–Crippen LogP) is 12.6. The molecular weight excluding hydrogens is 815 g/mol. The molecule has 1 atom stereocenters. The maximum absolute atomic E-state index is 4.97. The Bertz CT molecular complexity index is 3960. The normalized spacial score (nSPS) is 15.6. The maximum Gasteiger partial charge on any atom is 0.180 e. The minimum Gasteiger partial charge on any atom is -0.309 e. The van der Waals surface area contributed by atoms with E-state index in [0.29, 0.717) is 0 Å². The molecule has 0 bridgehead atoms. The van der Waals surface area contributed by atoms with Gasteiger partial charge in [0.05, 0.1) is 22.1 Å². The van der Waals surface area contributed by atoms with Crippen LogP contribution in [0.1, 0.15) is 25.0 Å². The Morgan fingerprint density at radius 3 is 1.88 bits per heavy atom. The lowest BCUT2D eigenvalue weighted by atomic mass is 9.82. The first kappa shape index (κ1) is 37.3. The molecule has 1 aliphatic heterocycles. The minimum absolute atomic E-state index is 0.0965. The van der Waals surface area contributed by atoms with E-state index in [2.05, 4.69) is 235 Å². The van der Waals surface area contributed by atoms with E-state index in [9.17, 15) is 0 Å². The Hall–Kier alpha value is -8.05. The summed E-state index contributed by atoms with van der Waals surface area (Å²) in [5.41, 5.74) is 16.3. The van der Waals surface area contributed by atoms with Crippen LogP contribution in [-0.2, 0) is 5.41 Å². The van der Waals surface area contributed by atoms with Crippen LogP contribution in [-0.4, -0.2) is 22.2 Å². The Balaban J connectivity index is 1.01. The Kier molecular flexibility index (Phi) is 7.77. The smallest absolute Gasteiger partial charge is 0.180 e. The van der Waals surface area contributed by atoms with Crippen LogP contribution in [0.5, 0.6) is 0 Å². The topological polar surface area (TPSA) is 22.8 Å². The van der Waals surface area contributed by atoms with Gasteiger partial charge in [-0.25, -0.2) is 4.98 Å². The Morgan fingerprint density at radius 2 is 1.03 bits per heavy atom. The molecule has 14 rings (SSSR count). The number of hydrogen-bond donors (Lipinski definition) is 0. The summed E-state index contributed by atoms with van der Waals surface area (Å²) in [6.07, 6.45) is 1.91. The zero-order valence-corrected chi connectivity index (χ0v) is 37.7. The number of benzene rings is 9. The first-order chi connectivity index (χ1) is 32.5. The summed E-state index contributed by atoms with van der Waals surface area (Å²) in [4.78, 5) is 4.97. The van der Waals surface area contributed by atoms with Crippen LogP contribution in [0.2, 0.25) is 0 Å². The van der Waals surface area contributed by atoms with Crippen LogP contribution in [0, 0.1) is 0 Å². The number of pyridine rings is 1. The summed E-state index contributed by atoms with van der Waals surface area (Å²) in [7, 11) is -2.89. The highest BCUT2D eigenvalue weighted by Gasteiger charge is 2.49. The summed E-state index contributed by atoms with van der Waals surface area (Å²) < 4.78 is 4.83. The van der Waals surface area contributed by atoms with Crippen molar-refractivity contribution in [3.05, 3.63) is 236 Å². The molecule has 0 saturated carbocycles. The minimum atomic E-state index is -2.89. The number of nitrogens with zero attached hydrogens (tertiary/aromatic N) is 3. The van der Waals surface area contributed by atoms with Gasteiger partial charge >= 0.3 is 0 Å². The third-order valence-electron chi connectivity index (χ3n) is 15.0. The molecule has 3 aromatic heterocycles. The quantitative estimate of drug-likeness (QED) is 0.158. The van der Waals surface area contributed by atoms with Gasteiger partial charge in [-0.15, -0.1) is 0 Å². The molecule has 0 saturated heterocycles. The van der Waals surface area contributed by atoms with Crippen LogP contribution in [0.3, 0.4) is 0 Å². The monoisotopic (exact) mass is 857 g/mol. The van der Waals surface area contributed by atoms with Gasteiger partial charge in [0.15, 0.2) is 8.07 Å². The van der Waals surface area contributed by atoms with Crippen molar-refractivity contribution < 1.29 is 0 Å². The Morgan fingerprint density at radius 1 is 0.379 bits per heavy atom. The van der Waals surface area contributed by atoms with E-state index in [0.717, 1.165) is 11.3 Å². The molecule has 66 heavy (non-hydrogen) atoms. The molecule has 12 aromatic rings. The van der Waals surface area contributed by atoms with Gasteiger partial charge in [-0.3, -0.25) is 4.57 Å². The standard InChI is InChI=1S/C62H43N3Si/c1-62(2)53-27-12-9-24-45(53)49-37-58-50(36-54(49)62)47-32-31-41(35-56(47)65(58)61-30-15-16-33-63-61)40-18-17-23-44(34-40)66(43-21-7-4-8-22-43)59-29-14-11-26-48(59)52-38-57-51(39-60(52)66)46-25-10-13-28-55(46)64(57)42-19-5-3-6-20-42/h3-39H,1-2H3. The first-order valence-electron chi connectivity index (χ1n) is 23.0. The van der Waals surface area contributed by atoms with Gasteiger partial charge in [-0.05, 0) is 120 Å². The molecule has 4 heteroatoms. The maximum atomic E-state index is 4.97. The van der Waals surface area contributed by atoms with Gasteiger partial charge in [-0.1, -0.05) is 178 Å².